The molecular formula is C12H12ClFN2O. The molecular weight excluding hydrogens is 243 g/mol. The molecule has 17 heavy (non-hydrogen) atoms. The van der Waals surface area contributed by atoms with Gasteiger partial charge in [0.25, 0.3) is 0 Å². The highest BCUT2D eigenvalue weighted by Crippen LogP contribution is 2.27. The van der Waals surface area contributed by atoms with Crippen molar-refractivity contribution in [3.63, 3.8) is 0 Å². The normalized spacial score (nSPS) is 11.2. The van der Waals surface area contributed by atoms with E-state index in [0.717, 1.165) is 0 Å². The van der Waals surface area contributed by atoms with Crippen molar-refractivity contribution >= 4 is 22.6 Å². The predicted molar refractivity (Wildman–Crippen MR) is 65.1 cm³/mol. The Labute approximate surface area is 104 Å². The standard InChI is InChI=1S/C12H12ClFN2O/c1-6(2)11-12(13)16-8-4-7(14)10(17-3)5-9(8)15-11/h4-6H,1-3H3. The molecule has 0 unspecified atom stereocenters. The fourth-order valence-electron chi connectivity index (χ4n) is 1.57. The lowest BCUT2D eigenvalue weighted by molar-refractivity contribution is 0.387. The van der Waals surface area contributed by atoms with Gasteiger partial charge in [0.2, 0.25) is 0 Å². The number of nitrogens with zero attached hydrogens (tertiary/aromatic N) is 2. The van der Waals surface area contributed by atoms with Crippen molar-refractivity contribution in [1.82, 2.24) is 9.97 Å². The molecule has 1 aromatic carbocycles. The minimum atomic E-state index is -0.470. The Morgan fingerprint density at radius 2 is 1.88 bits per heavy atom. The molecule has 1 heterocycles. The average molecular weight is 255 g/mol. The number of halogens is 2. The van der Waals surface area contributed by atoms with E-state index >= 15 is 0 Å². The highest BCUT2D eigenvalue weighted by molar-refractivity contribution is 6.30. The zero-order chi connectivity index (χ0) is 12.6. The lowest BCUT2D eigenvalue weighted by atomic mass is 10.1. The van der Waals surface area contributed by atoms with Gasteiger partial charge in [0.05, 0.1) is 23.8 Å². The molecule has 0 radical (unpaired) electrons. The zero-order valence-corrected chi connectivity index (χ0v) is 10.5. The van der Waals surface area contributed by atoms with Crippen molar-refractivity contribution in [1.29, 1.82) is 0 Å². The summed E-state index contributed by atoms with van der Waals surface area (Å²) in [5.41, 5.74) is 1.71. The van der Waals surface area contributed by atoms with Crippen LogP contribution in [0.25, 0.3) is 11.0 Å². The minimum absolute atomic E-state index is 0.156. The fraction of sp³-hybridized carbons (Fsp3) is 0.333. The smallest absolute Gasteiger partial charge is 0.167 e. The Hall–Kier alpha value is -1.42. The third kappa shape index (κ3) is 2.17. The number of fused-ring (bicyclic) bond motifs is 1. The number of ether oxygens (including phenoxy) is 1. The minimum Gasteiger partial charge on any atom is -0.494 e. The summed E-state index contributed by atoms with van der Waals surface area (Å²) in [6.45, 7) is 3.95. The number of hydrogen-bond donors (Lipinski definition) is 0. The Balaban J connectivity index is 2.71. The maximum Gasteiger partial charge on any atom is 0.167 e. The molecule has 0 saturated heterocycles. The maximum absolute atomic E-state index is 13.5. The molecule has 0 aliphatic carbocycles. The summed E-state index contributed by atoms with van der Waals surface area (Å²) in [6.07, 6.45) is 0. The van der Waals surface area contributed by atoms with Gasteiger partial charge in [-0.15, -0.1) is 0 Å². The molecule has 0 spiro atoms. The Morgan fingerprint density at radius 3 is 2.47 bits per heavy atom. The van der Waals surface area contributed by atoms with Gasteiger partial charge in [-0.3, -0.25) is 0 Å². The Bertz CT molecular complexity index is 572. The van der Waals surface area contributed by atoms with E-state index in [1.807, 2.05) is 13.8 Å². The molecule has 3 nitrogen and oxygen atoms in total. The lowest BCUT2D eigenvalue weighted by Crippen LogP contribution is -1.99. The quantitative estimate of drug-likeness (QED) is 0.822. The molecule has 5 heteroatoms. The van der Waals surface area contributed by atoms with E-state index in [1.54, 1.807) is 0 Å². The molecule has 0 bridgehead atoms. The summed E-state index contributed by atoms with van der Waals surface area (Å²) in [4.78, 5) is 8.52. The number of methoxy groups -OCH3 is 1. The average Bonchev–Trinajstić information content (AvgIpc) is 2.27. The van der Waals surface area contributed by atoms with Gasteiger partial charge in [0.15, 0.2) is 16.7 Å². The number of rotatable bonds is 2. The summed E-state index contributed by atoms with van der Waals surface area (Å²) in [5.74, 6) is -0.151. The highest BCUT2D eigenvalue weighted by atomic mass is 35.5. The zero-order valence-electron chi connectivity index (χ0n) is 9.79. The van der Waals surface area contributed by atoms with Gasteiger partial charge < -0.3 is 4.74 Å². The molecule has 90 valence electrons. The fourth-order valence-corrected chi connectivity index (χ4v) is 1.93. The lowest BCUT2D eigenvalue weighted by Gasteiger charge is -2.09. The van der Waals surface area contributed by atoms with E-state index in [2.05, 4.69) is 9.97 Å². The van der Waals surface area contributed by atoms with Gasteiger partial charge in [-0.05, 0) is 5.92 Å². The van der Waals surface area contributed by atoms with E-state index in [4.69, 9.17) is 16.3 Å². The molecule has 0 amide bonds. The number of benzene rings is 1. The van der Waals surface area contributed by atoms with E-state index in [0.29, 0.717) is 21.9 Å². The van der Waals surface area contributed by atoms with E-state index in [9.17, 15) is 4.39 Å². The molecule has 2 rings (SSSR count). The van der Waals surface area contributed by atoms with Crippen molar-refractivity contribution in [3.8, 4) is 5.75 Å². The van der Waals surface area contributed by atoms with Gasteiger partial charge in [0, 0.05) is 12.1 Å². The van der Waals surface area contributed by atoms with Gasteiger partial charge in [-0.25, -0.2) is 14.4 Å². The van der Waals surface area contributed by atoms with Crippen LogP contribution in [-0.2, 0) is 0 Å². The van der Waals surface area contributed by atoms with Crippen LogP contribution in [0.4, 0.5) is 4.39 Å². The topological polar surface area (TPSA) is 35.0 Å². The molecule has 0 aliphatic rings. The summed E-state index contributed by atoms with van der Waals surface area (Å²) in [6, 6.07) is 2.80. The van der Waals surface area contributed by atoms with Crippen LogP contribution in [0, 0.1) is 5.82 Å². The van der Waals surface area contributed by atoms with Crippen LogP contribution in [-0.4, -0.2) is 17.1 Å². The second kappa shape index (κ2) is 4.45. The molecule has 0 N–H and O–H groups in total. The predicted octanol–water partition coefficient (Wildman–Crippen LogP) is 3.55. The van der Waals surface area contributed by atoms with Gasteiger partial charge in [-0.1, -0.05) is 25.4 Å². The van der Waals surface area contributed by atoms with E-state index < -0.39 is 5.82 Å². The summed E-state index contributed by atoms with van der Waals surface area (Å²) in [7, 11) is 1.41. The molecule has 0 fully saturated rings. The molecule has 0 atom stereocenters. The van der Waals surface area contributed by atoms with Crippen molar-refractivity contribution < 1.29 is 9.13 Å². The first kappa shape index (κ1) is 12.0. The van der Waals surface area contributed by atoms with Crippen LogP contribution < -0.4 is 4.74 Å². The van der Waals surface area contributed by atoms with Crippen LogP contribution in [0.1, 0.15) is 25.5 Å². The summed E-state index contributed by atoms with van der Waals surface area (Å²) in [5, 5.41) is 0.317. The Kier molecular flexibility index (Phi) is 3.15. The highest BCUT2D eigenvalue weighted by Gasteiger charge is 2.13. The van der Waals surface area contributed by atoms with Crippen LogP contribution in [0.5, 0.6) is 5.75 Å². The molecule has 0 aliphatic heterocycles. The summed E-state index contributed by atoms with van der Waals surface area (Å²) < 4.78 is 18.4. The third-order valence-corrected chi connectivity index (χ3v) is 2.74. The van der Waals surface area contributed by atoms with Crippen molar-refractivity contribution in [2.45, 2.75) is 19.8 Å². The third-order valence-electron chi connectivity index (χ3n) is 2.47. The first-order valence-electron chi connectivity index (χ1n) is 5.23. The Morgan fingerprint density at radius 1 is 1.24 bits per heavy atom. The first-order valence-corrected chi connectivity index (χ1v) is 5.61. The molecule has 0 saturated carbocycles. The van der Waals surface area contributed by atoms with Crippen molar-refractivity contribution in [2.24, 2.45) is 0 Å². The number of hydrogen-bond acceptors (Lipinski definition) is 3. The first-order chi connectivity index (χ1) is 8.02. The van der Waals surface area contributed by atoms with Crippen LogP contribution in [0.2, 0.25) is 5.15 Å². The number of aromatic nitrogens is 2. The second-order valence-electron chi connectivity index (χ2n) is 4.03. The van der Waals surface area contributed by atoms with E-state index in [-0.39, 0.29) is 11.7 Å². The molecule has 1 aromatic heterocycles. The second-order valence-corrected chi connectivity index (χ2v) is 4.39. The maximum atomic E-state index is 13.5. The van der Waals surface area contributed by atoms with Gasteiger partial charge in [-0.2, -0.15) is 0 Å². The van der Waals surface area contributed by atoms with Crippen LogP contribution in [0.3, 0.4) is 0 Å². The summed E-state index contributed by atoms with van der Waals surface area (Å²) >= 11 is 6.00. The van der Waals surface area contributed by atoms with Gasteiger partial charge in [0.1, 0.15) is 0 Å². The molecule has 2 aromatic rings. The van der Waals surface area contributed by atoms with Crippen LogP contribution >= 0.6 is 11.6 Å². The van der Waals surface area contributed by atoms with Crippen molar-refractivity contribution in [3.05, 3.63) is 28.8 Å². The largest absolute Gasteiger partial charge is 0.494 e. The van der Waals surface area contributed by atoms with Crippen molar-refractivity contribution in [2.75, 3.05) is 7.11 Å². The van der Waals surface area contributed by atoms with Gasteiger partial charge >= 0.3 is 0 Å². The van der Waals surface area contributed by atoms with E-state index in [1.165, 1.54) is 19.2 Å². The monoisotopic (exact) mass is 254 g/mol. The SMILES string of the molecule is COc1cc2nc(C(C)C)c(Cl)nc2cc1F. The van der Waals surface area contributed by atoms with Crippen LogP contribution in [0.15, 0.2) is 12.1 Å².